The third-order valence-electron chi connectivity index (χ3n) is 2.56. The standard InChI is InChI=1S/C13H13NO3S/c1-8-3-4-10(17-2)9(5-8)13-11(6-12(15)16)18-7-14-13/h3-5,7H,6H2,1-2H3,(H,15,16). The number of nitrogens with zero attached hydrogens (tertiary/aromatic N) is 1. The average Bonchev–Trinajstić information content (AvgIpc) is 2.76. The fourth-order valence-corrected chi connectivity index (χ4v) is 2.53. The summed E-state index contributed by atoms with van der Waals surface area (Å²) in [4.78, 5) is 15.8. The van der Waals surface area contributed by atoms with Crippen molar-refractivity contribution in [3.8, 4) is 17.0 Å². The first-order chi connectivity index (χ1) is 8.61. The summed E-state index contributed by atoms with van der Waals surface area (Å²) in [5.74, 6) is -0.148. The number of carboxylic acid groups (broad SMARTS) is 1. The van der Waals surface area contributed by atoms with Gasteiger partial charge in [0.2, 0.25) is 0 Å². The van der Waals surface area contributed by atoms with Crippen LogP contribution in [0.5, 0.6) is 5.75 Å². The van der Waals surface area contributed by atoms with Gasteiger partial charge < -0.3 is 9.84 Å². The summed E-state index contributed by atoms with van der Waals surface area (Å²) in [6.07, 6.45) is -0.0168. The second-order valence-corrected chi connectivity index (χ2v) is 4.84. The summed E-state index contributed by atoms with van der Waals surface area (Å²) >= 11 is 1.35. The maximum atomic E-state index is 10.8. The number of methoxy groups -OCH3 is 1. The van der Waals surface area contributed by atoms with Crippen LogP contribution in [0, 0.1) is 6.92 Å². The predicted octanol–water partition coefficient (Wildman–Crippen LogP) is 2.75. The van der Waals surface area contributed by atoms with Crippen molar-refractivity contribution in [3.63, 3.8) is 0 Å². The number of aryl methyl sites for hydroxylation is 1. The molecule has 2 rings (SSSR count). The summed E-state index contributed by atoms with van der Waals surface area (Å²) in [6.45, 7) is 1.98. The molecule has 1 N–H and O–H groups in total. The Morgan fingerprint density at radius 1 is 1.50 bits per heavy atom. The molecule has 2 aromatic rings. The van der Waals surface area contributed by atoms with Crippen LogP contribution in [0.1, 0.15) is 10.4 Å². The third-order valence-corrected chi connectivity index (χ3v) is 3.40. The number of aromatic nitrogens is 1. The van der Waals surface area contributed by atoms with E-state index in [1.165, 1.54) is 11.3 Å². The monoisotopic (exact) mass is 263 g/mol. The van der Waals surface area contributed by atoms with Gasteiger partial charge in [-0.05, 0) is 19.1 Å². The number of hydrogen-bond donors (Lipinski definition) is 1. The Morgan fingerprint density at radius 2 is 2.28 bits per heavy atom. The Morgan fingerprint density at radius 3 is 2.94 bits per heavy atom. The summed E-state index contributed by atoms with van der Waals surface area (Å²) in [5, 5.41) is 8.89. The van der Waals surface area contributed by atoms with E-state index in [2.05, 4.69) is 4.98 Å². The molecule has 0 aliphatic rings. The van der Waals surface area contributed by atoms with E-state index in [4.69, 9.17) is 9.84 Å². The smallest absolute Gasteiger partial charge is 0.308 e. The second kappa shape index (κ2) is 5.18. The molecule has 0 saturated heterocycles. The lowest BCUT2D eigenvalue weighted by Crippen LogP contribution is -2.00. The molecule has 4 nitrogen and oxygen atoms in total. The lowest BCUT2D eigenvalue weighted by molar-refractivity contribution is -0.136. The molecule has 1 aromatic heterocycles. The maximum Gasteiger partial charge on any atom is 0.308 e. The van der Waals surface area contributed by atoms with Crippen molar-refractivity contribution in [3.05, 3.63) is 34.2 Å². The van der Waals surface area contributed by atoms with Gasteiger partial charge in [0, 0.05) is 10.4 Å². The number of thiazole rings is 1. The lowest BCUT2D eigenvalue weighted by atomic mass is 10.1. The average molecular weight is 263 g/mol. The van der Waals surface area contributed by atoms with Crippen LogP contribution in [0.4, 0.5) is 0 Å². The minimum atomic E-state index is -0.855. The van der Waals surface area contributed by atoms with Gasteiger partial charge in [0.15, 0.2) is 0 Å². The van der Waals surface area contributed by atoms with Gasteiger partial charge in [-0.1, -0.05) is 11.6 Å². The highest BCUT2D eigenvalue weighted by molar-refractivity contribution is 7.10. The van der Waals surface area contributed by atoms with Crippen molar-refractivity contribution in [2.75, 3.05) is 7.11 Å². The van der Waals surface area contributed by atoms with Crippen LogP contribution < -0.4 is 4.74 Å². The number of benzene rings is 1. The second-order valence-electron chi connectivity index (χ2n) is 3.90. The molecule has 0 bridgehead atoms. The topological polar surface area (TPSA) is 59.4 Å². The first-order valence-corrected chi connectivity index (χ1v) is 6.29. The van der Waals surface area contributed by atoms with Crippen molar-refractivity contribution in [2.45, 2.75) is 13.3 Å². The molecular formula is C13H13NO3S. The zero-order chi connectivity index (χ0) is 13.1. The van der Waals surface area contributed by atoms with Crippen LogP contribution in [-0.4, -0.2) is 23.2 Å². The van der Waals surface area contributed by atoms with E-state index in [0.29, 0.717) is 11.4 Å². The molecule has 94 valence electrons. The van der Waals surface area contributed by atoms with E-state index >= 15 is 0 Å². The predicted molar refractivity (Wildman–Crippen MR) is 70.2 cm³/mol. The summed E-state index contributed by atoms with van der Waals surface area (Å²) in [7, 11) is 1.59. The van der Waals surface area contributed by atoms with E-state index in [-0.39, 0.29) is 6.42 Å². The SMILES string of the molecule is COc1ccc(C)cc1-c1ncsc1CC(=O)O. The van der Waals surface area contributed by atoms with Crippen molar-refractivity contribution < 1.29 is 14.6 Å². The van der Waals surface area contributed by atoms with Gasteiger partial charge in [-0.3, -0.25) is 4.79 Å². The third kappa shape index (κ3) is 2.51. The van der Waals surface area contributed by atoms with Crippen LogP contribution in [0.15, 0.2) is 23.7 Å². The minimum Gasteiger partial charge on any atom is -0.496 e. The highest BCUT2D eigenvalue weighted by Crippen LogP contribution is 2.33. The highest BCUT2D eigenvalue weighted by atomic mass is 32.1. The molecule has 1 aromatic carbocycles. The van der Waals surface area contributed by atoms with E-state index in [1.54, 1.807) is 12.6 Å². The summed E-state index contributed by atoms with van der Waals surface area (Å²) in [6, 6.07) is 5.78. The quantitative estimate of drug-likeness (QED) is 0.921. The number of carbonyl (C=O) groups is 1. The summed E-state index contributed by atoms with van der Waals surface area (Å²) in [5.41, 5.74) is 4.29. The van der Waals surface area contributed by atoms with Crippen molar-refractivity contribution >= 4 is 17.3 Å². The van der Waals surface area contributed by atoms with Gasteiger partial charge in [-0.2, -0.15) is 0 Å². The molecule has 0 spiro atoms. The van der Waals surface area contributed by atoms with Gasteiger partial charge in [0.05, 0.1) is 24.7 Å². The molecule has 0 fully saturated rings. The van der Waals surface area contributed by atoms with E-state index < -0.39 is 5.97 Å². The fraction of sp³-hybridized carbons (Fsp3) is 0.231. The molecular weight excluding hydrogens is 250 g/mol. The Labute approximate surface area is 109 Å². The lowest BCUT2D eigenvalue weighted by Gasteiger charge is -2.08. The summed E-state index contributed by atoms with van der Waals surface area (Å²) < 4.78 is 5.30. The zero-order valence-electron chi connectivity index (χ0n) is 10.1. The number of carboxylic acids is 1. The van der Waals surface area contributed by atoms with E-state index in [1.807, 2.05) is 25.1 Å². The Bertz CT molecular complexity index is 577. The number of aliphatic carboxylic acids is 1. The van der Waals surface area contributed by atoms with Crippen molar-refractivity contribution in [1.29, 1.82) is 0 Å². The van der Waals surface area contributed by atoms with Crippen LogP contribution >= 0.6 is 11.3 Å². The zero-order valence-corrected chi connectivity index (χ0v) is 11.0. The molecule has 0 aliphatic heterocycles. The van der Waals surface area contributed by atoms with Gasteiger partial charge >= 0.3 is 5.97 Å². The van der Waals surface area contributed by atoms with Crippen LogP contribution in [0.3, 0.4) is 0 Å². The minimum absolute atomic E-state index is 0.0168. The van der Waals surface area contributed by atoms with Crippen molar-refractivity contribution in [1.82, 2.24) is 4.98 Å². The Balaban J connectivity index is 2.51. The Hall–Kier alpha value is -1.88. The molecule has 5 heteroatoms. The Kier molecular flexibility index (Phi) is 3.62. The molecule has 0 atom stereocenters. The van der Waals surface area contributed by atoms with Crippen LogP contribution in [-0.2, 0) is 11.2 Å². The molecule has 0 aliphatic carbocycles. The fourth-order valence-electron chi connectivity index (χ4n) is 1.76. The van der Waals surface area contributed by atoms with Gasteiger partial charge in [0.1, 0.15) is 5.75 Å². The molecule has 0 radical (unpaired) electrons. The number of rotatable bonds is 4. The largest absolute Gasteiger partial charge is 0.496 e. The molecule has 0 saturated carbocycles. The van der Waals surface area contributed by atoms with Crippen LogP contribution in [0.25, 0.3) is 11.3 Å². The molecule has 0 unspecified atom stereocenters. The van der Waals surface area contributed by atoms with E-state index in [0.717, 1.165) is 16.0 Å². The molecule has 18 heavy (non-hydrogen) atoms. The number of ether oxygens (including phenoxy) is 1. The first-order valence-electron chi connectivity index (χ1n) is 5.41. The maximum absolute atomic E-state index is 10.8. The van der Waals surface area contributed by atoms with Crippen molar-refractivity contribution in [2.24, 2.45) is 0 Å². The van der Waals surface area contributed by atoms with Gasteiger partial charge in [-0.15, -0.1) is 11.3 Å². The number of hydrogen-bond acceptors (Lipinski definition) is 4. The van der Waals surface area contributed by atoms with E-state index in [9.17, 15) is 4.79 Å². The normalized spacial score (nSPS) is 10.3. The molecule has 1 heterocycles. The van der Waals surface area contributed by atoms with Gasteiger partial charge in [0.25, 0.3) is 0 Å². The van der Waals surface area contributed by atoms with Gasteiger partial charge in [-0.25, -0.2) is 4.98 Å². The highest BCUT2D eigenvalue weighted by Gasteiger charge is 2.15. The first kappa shape index (κ1) is 12.6. The molecule has 0 amide bonds. The van der Waals surface area contributed by atoms with Crippen LogP contribution in [0.2, 0.25) is 0 Å².